The highest BCUT2D eigenvalue weighted by molar-refractivity contribution is 4.61. The Morgan fingerprint density at radius 3 is 1.09 bits per heavy atom. The van der Waals surface area contributed by atoms with Gasteiger partial charge < -0.3 is 4.74 Å². The maximum atomic E-state index is 5.77. The van der Waals surface area contributed by atoms with Gasteiger partial charge in [0.2, 0.25) is 0 Å². The smallest absolute Gasteiger partial charge is 0.0573 e. The van der Waals surface area contributed by atoms with Crippen LogP contribution in [0.1, 0.15) is 41.5 Å². The van der Waals surface area contributed by atoms with E-state index in [0.717, 1.165) is 0 Å². The third-order valence-electron chi connectivity index (χ3n) is 2.31. The molecule has 0 aromatic heterocycles. The Balaban J connectivity index is 3.66. The highest BCUT2D eigenvalue weighted by Crippen LogP contribution is 2.13. The predicted molar refractivity (Wildman–Crippen MR) is 49.7 cm³/mol. The van der Waals surface area contributed by atoms with Gasteiger partial charge >= 0.3 is 0 Å². The Hall–Kier alpha value is -0.0400. The lowest BCUT2D eigenvalue weighted by atomic mass is 10.1. The van der Waals surface area contributed by atoms with E-state index in [9.17, 15) is 0 Å². The second kappa shape index (κ2) is 4.76. The minimum Gasteiger partial charge on any atom is -0.375 e. The number of hydrogen-bond acceptors (Lipinski definition) is 1. The highest BCUT2D eigenvalue weighted by Gasteiger charge is 2.13. The van der Waals surface area contributed by atoms with Crippen molar-refractivity contribution in [3.8, 4) is 0 Å². The highest BCUT2D eigenvalue weighted by atomic mass is 16.5. The summed E-state index contributed by atoms with van der Waals surface area (Å²) in [6.07, 6.45) is 0.764. The van der Waals surface area contributed by atoms with Crippen LogP contribution < -0.4 is 0 Å². The van der Waals surface area contributed by atoms with Gasteiger partial charge in [0.15, 0.2) is 0 Å². The molecule has 0 saturated heterocycles. The summed E-state index contributed by atoms with van der Waals surface area (Å²) in [5.41, 5.74) is 0. The van der Waals surface area contributed by atoms with E-state index in [1.165, 1.54) is 0 Å². The van der Waals surface area contributed by atoms with Gasteiger partial charge in [-0.05, 0) is 25.7 Å². The largest absolute Gasteiger partial charge is 0.375 e. The molecular weight excluding hydrogens is 136 g/mol. The van der Waals surface area contributed by atoms with Crippen LogP contribution in [0.25, 0.3) is 0 Å². The third kappa shape index (κ3) is 4.41. The Kier molecular flexibility index (Phi) is 4.74. The van der Waals surface area contributed by atoms with Crippen LogP contribution in [0.4, 0.5) is 0 Å². The lowest BCUT2D eigenvalue weighted by Gasteiger charge is -2.24. The molecule has 0 radical (unpaired) electrons. The standard InChI is InChI=1S/C10H22O/c1-7(2)9(5)11-10(6)8(3)4/h7-10H,1-6H3. The zero-order valence-electron chi connectivity index (χ0n) is 8.72. The van der Waals surface area contributed by atoms with Gasteiger partial charge in [0.1, 0.15) is 0 Å². The van der Waals surface area contributed by atoms with Crippen molar-refractivity contribution < 1.29 is 4.74 Å². The molecule has 2 atom stereocenters. The van der Waals surface area contributed by atoms with Crippen LogP contribution in [-0.2, 0) is 4.74 Å². The van der Waals surface area contributed by atoms with Crippen LogP contribution in [0.2, 0.25) is 0 Å². The topological polar surface area (TPSA) is 9.23 Å². The monoisotopic (exact) mass is 158 g/mol. The summed E-state index contributed by atoms with van der Waals surface area (Å²) in [6, 6.07) is 0. The van der Waals surface area contributed by atoms with Crippen molar-refractivity contribution in [1.29, 1.82) is 0 Å². The first-order chi connectivity index (χ1) is 4.95. The molecule has 68 valence electrons. The number of hydrogen-bond donors (Lipinski definition) is 0. The van der Waals surface area contributed by atoms with Crippen molar-refractivity contribution in [3.05, 3.63) is 0 Å². The third-order valence-corrected chi connectivity index (χ3v) is 2.31. The minimum absolute atomic E-state index is 0.382. The molecule has 0 aliphatic carbocycles. The molecule has 0 rings (SSSR count). The van der Waals surface area contributed by atoms with Gasteiger partial charge in [-0.3, -0.25) is 0 Å². The molecule has 0 N–H and O–H groups in total. The summed E-state index contributed by atoms with van der Waals surface area (Å²) in [6.45, 7) is 13.1. The van der Waals surface area contributed by atoms with Crippen LogP contribution in [0.3, 0.4) is 0 Å². The molecule has 0 saturated carbocycles. The molecule has 0 fully saturated rings. The lowest BCUT2D eigenvalue weighted by Crippen LogP contribution is -2.25. The van der Waals surface area contributed by atoms with Gasteiger partial charge in [-0.1, -0.05) is 27.7 Å². The van der Waals surface area contributed by atoms with Crippen LogP contribution in [-0.4, -0.2) is 12.2 Å². The Bertz CT molecular complexity index is 85.0. The van der Waals surface area contributed by atoms with Gasteiger partial charge in [-0.25, -0.2) is 0 Å². The van der Waals surface area contributed by atoms with Crippen molar-refractivity contribution in [2.75, 3.05) is 0 Å². The summed E-state index contributed by atoms with van der Waals surface area (Å²) in [5, 5.41) is 0. The first-order valence-corrected chi connectivity index (χ1v) is 4.60. The fourth-order valence-corrected chi connectivity index (χ4v) is 0.653. The molecule has 0 bridgehead atoms. The van der Waals surface area contributed by atoms with Crippen LogP contribution in [0.15, 0.2) is 0 Å². The molecule has 2 unspecified atom stereocenters. The van der Waals surface area contributed by atoms with Gasteiger partial charge in [-0.15, -0.1) is 0 Å². The van der Waals surface area contributed by atoms with Crippen molar-refractivity contribution in [2.24, 2.45) is 11.8 Å². The molecule has 1 nitrogen and oxygen atoms in total. The van der Waals surface area contributed by atoms with E-state index in [0.29, 0.717) is 24.0 Å². The summed E-state index contributed by atoms with van der Waals surface area (Å²) in [7, 11) is 0. The quantitative estimate of drug-likeness (QED) is 0.611. The van der Waals surface area contributed by atoms with E-state index in [1.54, 1.807) is 0 Å². The number of rotatable bonds is 4. The minimum atomic E-state index is 0.382. The van der Waals surface area contributed by atoms with Crippen molar-refractivity contribution in [1.82, 2.24) is 0 Å². The fourth-order valence-electron chi connectivity index (χ4n) is 0.653. The van der Waals surface area contributed by atoms with E-state index in [1.807, 2.05) is 0 Å². The molecular formula is C10H22O. The van der Waals surface area contributed by atoms with E-state index in [2.05, 4.69) is 41.5 Å². The molecule has 0 aromatic carbocycles. The zero-order chi connectivity index (χ0) is 9.02. The van der Waals surface area contributed by atoms with Gasteiger partial charge in [0.05, 0.1) is 12.2 Å². The Labute approximate surface area is 71.1 Å². The van der Waals surface area contributed by atoms with Crippen LogP contribution in [0, 0.1) is 11.8 Å². The molecule has 1 heteroatoms. The summed E-state index contributed by atoms with van der Waals surface area (Å²) < 4.78 is 5.77. The Morgan fingerprint density at radius 1 is 0.636 bits per heavy atom. The summed E-state index contributed by atoms with van der Waals surface area (Å²) >= 11 is 0. The van der Waals surface area contributed by atoms with E-state index in [4.69, 9.17) is 4.74 Å². The molecule has 0 spiro atoms. The maximum absolute atomic E-state index is 5.77. The second-order valence-electron chi connectivity index (χ2n) is 4.03. The average Bonchev–Trinajstić information content (AvgIpc) is 1.87. The average molecular weight is 158 g/mol. The molecule has 0 amide bonds. The molecule has 0 aromatic rings. The molecule has 0 heterocycles. The van der Waals surface area contributed by atoms with Crippen molar-refractivity contribution >= 4 is 0 Å². The van der Waals surface area contributed by atoms with Crippen LogP contribution >= 0.6 is 0 Å². The molecule has 0 aliphatic heterocycles. The van der Waals surface area contributed by atoms with Gasteiger partial charge in [-0.2, -0.15) is 0 Å². The SMILES string of the molecule is CC(C)C(C)OC(C)C(C)C. The van der Waals surface area contributed by atoms with Crippen LogP contribution in [0.5, 0.6) is 0 Å². The first-order valence-electron chi connectivity index (χ1n) is 4.60. The van der Waals surface area contributed by atoms with Crippen molar-refractivity contribution in [2.45, 2.75) is 53.8 Å². The number of ether oxygens (including phenoxy) is 1. The fraction of sp³-hybridized carbons (Fsp3) is 1.00. The normalized spacial score (nSPS) is 17.5. The summed E-state index contributed by atoms with van der Waals surface area (Å²) in [5.74, 6) is 1.24. The summed E-state index contributed by atoms with van der Waals surface area (Å²) in [4.78, 5) is 0. The second-order valence-corrected chi connectivity index (χ2v) is 4.03. The molecule has 0 aliphatic rings. The van der Waals surface area contributed by atoms with E-state index >= 15 is 0 Å². The van der Waals surface area contributed by atoms with Gasteiger partial charge in [0, 0.05) is 0 Å². The Morgan fingerprint density at radius 2 is 0.909 bits per heavy atom. The first kappa shape index (κ1) is 11.0. The lowest BCUT2D eigenvalue weighted by molar-refractivity contribution is -0.0368. The zero-order valence-corrected chi connectivity index (χ0v) is 8.72. The van der Waals surface area contributed by atoms with E-state index < -0.39 is 0 Å². The van der Waals surface area contributed by atoms with E-state index in [-0.39, 0.29) is 0 Å². The maximum Gasteiger partial charge on any atom is 0.0573 e. The predicted octanol–water partition coefficient (Wildman–Crippen LogP) is 3.09. The van der Waals surface area contributed by atoms with Gasteiger partial charge in [0.25, 0.3) is 0 Å². The van der Waals surface area contributed by atoms with Crippen molar-refractivity contribution in [3.63, 3.8) is 0 Å². The molecule has 11 heavy (non-hydrogen) atoms.